The van der Waals surface area contributed by atoms with Crippen molar-refractivity contribution in [3.8, 4) is 0 Å². The molecule has 0 radical (unpaired) electrons. The molecule has 0 bridgehead atoms. The summed E-state index contributed by atoms with van der Waals surface area (Å²) in [5, 5.41) is 72.2. The fourth-order valence-electron chi connectivity index (χ4n) is 8.92. The zero-order chi connectivity index (χ0) is 50.3. The number of aliphatic hydroxyl groups is 7. The molecule has 11 atom stereocenters. The molecule has 2 heterocycles. The Balaban J connectivity index is 1.78. The third-order valence-electron chi connectivity index (χ3n) is 13.5. The van der Waals surface area contributed by atoms with Gasteiger partial charge in [-0.15, -0.1) is 0 Å². The molecule has 0 aromatic carbocycles. The van der Waals surface area contributed by atoms with E-state index < -0.39 is 92.7 Å². The molecule has 7 N–H and O–H groups in total. The number of ether oxygens (including phenoxy) is 6. The van der Waals surface area contributed by atoms with Crippen molar-refractivity contribution in [3.05, 3.63) is 12.2 Å². The number of carbonyl (C=O) groups excluding carboxylic acids is 2. The van der Waals surface area contributed by atoms with Gasteiger partial charge < -0.3 is 64.2 Å². The summed E-state index contributed by atoms with van der Waals surface area (Å²) in [6, 6.07) is 0. The predicted molar refractivity (Wildman–Crippen MR) is 266 cm³/mol. The number of hydrogen-bond donors (Lipinski definition) is 7. The lowest BCUT2D eigenvalue weighted by atomic mass is 9.98. The molecule has 0 aromatic heterocycles. The van der Waals surface area contributed by atoms with Crippen molar-refractivity contribution in [1.29, 1.82) is 0 Å². The SMILES string of the molecule is CCCCCCCC/C=C/CCCCCCCCCC(=O)O[C@@H](COC(=O)CCCCCCCCCCCCCCCCCC)CO[C@@H]1O[C@H](CO[C@@H]2O[C@H](CO)[C@H](O)C(O)C2O)[C@H](O)C(O)C1O. The summed E-state index contributed by atoms with van der Waals surface area (Å²) in [5.41, 5.74) is 0. The fraction of sp³-hybridized carbons (Fsp3) is 0.926. The first-order valence-electron chi connectivity index (χ1n) is 27.8. The topological polar surface area (TPSA) is 231 Å². The van der Waals surface area contributed by atoms with E-state index in [1.807, 2.05) is 0 Å². The van der Waals surface area contributed by atoms with Crippen molar-refractivity contribution in [2.24, 2.45) is 0 Å². The molecule has 406 valence electrons. The van der Waals surface area contributed by atoms with Gasteiger partial charge in [0.15, 0.2) is 18.7 Å². The highest BCUT2D eigenvalue weighted by molar-refractivity contribution is 5.70. The van der Waals surface area contributed by atoms with Gasteiger partial charge in [0.1, 0.15) is 55.4 Å². The average molecular weight is 989 g/mol. The van der Waals surface area contributed by atoms with Gasteiger partial charge >= 0.3 is 11.9 Å². The fourth-order valence-corrected chi connectivity index (χ4v) is 8.92. The Bertz CT molecular complexity index is 1250. The van der Waals surface area contributed by atoms with Crippen molar-refractivity contribution in [1.82, 2.24) is 0 Å². The number of unbranched alkanes of at least 4 members (excludes halogenated alkanes) is 28. The molecule has 4 unspecified atom stereocenters. The Hall–Kier alpha value is -1.76. The van der Waals surface area contributed by atoms with Crippen LogP contribution in [0, 0.1) is 0 Å². The van der Waals surface area contributed by atoms with E-state index in [0.717, 1.165) is 51.4 Å². The minimum absolute atomic E-state index is 0.165. The van der Waals surface area contributed by atoms with Crippen LogP contribution in [0.3, 0.4) is 0 Å². The summed E-state index contributed by atoms with van der Waals surface area (Å²) in [5.74, 6) is -0.917. The first-order valence-corrected chi connectivity index (χ1v) is 27.8. The Morgan fingerprint density at radius 1 is 0.449 bits per heavy atom. The molecule has 2 rings (SSSR count). The molecule has 0 amide bonds. The third kappa shape index (κ3) is 29.5. The normalized spacial score (nSPS) is 25.6. The van der Waals surface area contributed by atoms with Gasteiger partial charge in [-0.05, 0) is 38.5 Å². The molecule has 0 aromatic rings. The van der Waals surface area contributed by atoms with Crippen LogP contribution in [0.5, 0.6) is 0 Å². The second-order valence-corrected chi connectivity index (χ2v) is 19.8. The standard InChI is InChI=1S/C54H100O15/c1-3-5-7-9-11-13-15-17-19-21-23-25-27-29-31-33-35-37-46(57)67-42(39-64-45(56)36-34-32-30-28-26-24-22-20-18-16-14-12-10-8-6-4-2)40-65-53-52(63)50(61)48(59)44(69-53)41-66-54-51(62)49(60)47(58)43(38-55)68-54/h17,19,42-44,47-55,58-63H,3-16,18,20-41H2,1-2H3/b19-17+/t42-,43+,44+,47-,48-,49?,50?,51?,52?,53+,54+/m0/s1. The van der Waals surface area contributed by atoms with Gasteiger partial charge in [-0.1, -0.05) is 187 Å². The van der Waals surface area contributed by atoms with E-state index in [9.17, 15) is 45.3 Å². The van der Waals surface area contributed by atoms with Crippen LogP contribution in [0.15, 0.2) is 12.2 Å². The van der Waals surface area contributed by atoms with E-state index >= 15 is 0 Å². The number of allylic oxidation sites excluding steroid dienone is 2. The highest BCUT2D eigenvalue weighted by Gasteiger charge is 2.47. The molecule has 0 saturated carbocycles. The van der Waals surface area contributed by atoms with Gasteiger partial charge in [0.05, 0.1) is 19.8 Å². The molecule has 15 heteroatoms. The van der Waals surface area contributed by atoms with E-state index in [0.29, 0.717) is 12.8 Å². The third-order valence-corrected chi connectivity index (χ3v) is 13.5. The van der Waals surface area contributed by atoms with Crippen molar-refractivity contribution >= 4 is 11.9 Å². The monoisotopic (exact) mass is 989 g/mol. The van der Waals surface area contributed by atoms with Crippen molar-refractivity contribution in [2.45, 2.75) is 293 Å². The van der Waals surface area contributed by atoms with Crippen LogP contribution in [-0.2, 0) is 38.0 Å². The van der Waals surface area contributed by atoms with E-state index in [4.69, 9.17) is 28.4 Å². The number of esters is 2. The number of hydrogen-bond acceptors (Lipinski definition) is 15. The Labute approximate surface area is 416 Å². The summed E-state index contributed by atoms with van der Waals surface area (Å²) in [4.78, 5) is 25.8. The second-order valence-electron chi connectivity index (χ2n) is 19.8. The molecule has 2 aliphatic heterocycles. The molecular formula is C54H100O15. The summed E-state index contributed by atoms with van der Waals surface area (Å²) in [6.07, 6.45) is 25.1. The van der Waals surface area contributed by atoms with Crippen LogP contribution in [0.1, 0.15) is 226 Å². The second kappa shape index (κ2) is 41.7. The van der Waals surface area contributed by atoms with Gasteiger partial charge in [-0.3, -0.25) is 9.59 Å². The maximum absolute atomic E-state index is 13.0. The summed E-state index contributed by atoms with van der Waals surface area (Å²) < 4.78 is 33.7. The van der Waals surface area contributed by atoms with Gasteiger partial charge in [0, 0.05) is 12.8 Å². The number of carbonyl (C=O) groups is 2. The summed E-state index contributed by atoms with van der Waals surface area (Å²) in [6.45, 7) is 2.62. The van der Waals surface area contributed by atoms with Gasteiger partial charge in [0.2, 0.25) is 0 Å². The van der Waals surface area contributed by atoms with Gasteiger partial charge in [-0.25, -0.2) is 0 Å². The van der Waals surface area contributed by atoms with Crippen molar-refractivity contribution in [3.63, 3.8) is 0 Å². The van der Waals surface area contributed by atoms with Gasteiger partial charge in [0.25, 0.3) is 0 Å². The molecule has 0 spiro atoms. The van der Waals surface area contributed by atoms with Crippen molar-refractivity contribution in [2.75, 3.05) is 26.4 Å². The minimum Gasteiger partial charge on any atom is -0.462 e. The lowest BCUT2D eigenvalue weighted by molar-refractivity contribution is -0.332. The first kappa shape index (κ1) is 63.4. The van der Waals surface area contributed by atoms with Crippen LogP contribution >= 0.6 is 0 Å². The van der Waals surface area contributed by atoms with Crippen LogP contribution < -0.4 is 0 Å². The van der Waals surface area contributed by atoms with Gasteiger partial charge in [-0.2, -0.15) is 0 Å². The Morgan fingerprint density at radius 3 is 1.28 bits per heavy atom. The Kier molecular flexibility index (Phi) is 38.3. The molecule has 2 fully saturated rings. The molecule has 69 heavy (non-hydrogen) atoms. The predicted octanol–water partition coefficient (Wildman–Crippen LogP) is 8.55. The van der Waals surface area contributed by atoms with Crippen molar-refractivity contribution < 1.29 is 73.8 Å². The molecule has 2 aliphatic rings. The first-order chi connectivity index (χ1) is 33.5. The molecule has 2 saturated heterocycles. The maximum Gasteiger partial charge on any atom is 0.306 e. The van der Waals surface area contributed by atoms with E-state index in [1.54, 1.807) is 0 Å². The average Bonchev–Trinajstić information content (AvgIpc) is 3.34. The number of aliphatic hydroxyl groups excluding tert-OH is 7. The van der Waals surface area contributed by atoms with E-state index in [-0.39, 0.29) is 26.1 Å². The smallest absolute Gasteiger partial charge is 0.306 e. The van der Waals surface area contributed by atoms with E-state index in [2.05, 4.69) is 26.0 Å². The quantitative estimate of drug-likeness (QED) is 0.0172. The minimum atomic E-state index is -1.76. The number of rotatable bonds is 44. The lowest BCUT2D eigenvalue weighted by Crippen LogP contribution is -2.61. The van der Waals surface area contributed by atoms with Crippen LogP contribution in [-0.4, -0.2) is 142 Å². The zero-order valence-corrected chi connectivity index (χ0v) is 43.1. The summed E-state index contributed by atoms with van der Waals surface area (Å²) >= 11 is 0. The Morgan fingerprint density at radius 2 is 0.826 bits per heavy atom. The lowest BCUT2D eigenvalue weighted by Gasteiger charge is -2.42. The highest BCUT2D eigenvalue weighted by atomic mass is 16.7. The largest absolute Gasteiger partial charge is 0.462 e. The summed E-state index contributed by atoms with van der Waals surface area (Å²) in [7, 11) is 0. The van der Waals surface area contributed by atoms with Crippen LogP contribution in [0.25, 0.3) is 0 Å². The molecular weight excluding hydrogens is 889 g/mol. The van der Waals surface area contributed by atoms with Crippen LogP contribution in [0.4, 0.5) is 0 Å². The molecule has 0 aliphatic carbocycles. The zero-order valence-electron chi connectivity index (χ0n) is 43.1. The van der Waals surface area contributed by atoms with E-state index in [1.165, 1.54) is 135 Å². The maximum atomic E-state index is 13.0. The highest BCUT2D eigenvalue weighted by Crippen LogP contribution is 2.27. The molecule has 15 nitrogen and oxygen atoms in total. The van der Waals surface area contributed by atoms with Crippen LogP contribution in [0.2, 0.25) is 0 Å².